The Kier molecular flexibility index (Phi) is 3.51. The SMILES string of the molecule is ClCCN1C=c2ccccc2=NC1c1ccccc1. The summed E-state index contributed by atoms with van der Waals surface area (Å²) in [5, 5.41) is 2.20. The number of benzene rings is 2. The molecule has 1 aliphatic rings. The summed E-state index contributed by atoms with van der Waals surface area (Å²) in [6.07, 6.45) is 2.18. The van der Waals surface area contributed by atoms with Crippen LogP contribution >= 0.6 is 11.6 Å². The average molecular weight is 271 g/mol. The van der Waals surface area contributed by atoms with Gasteiger partial charge in [0.15, 0.2) is 0 Å². The number of halogens is 1. The molecule has 1 atom stereocenters. The van der Waals surface area contributed by atoms with Crippen molar-refractivity contribution >= 4 is 17.8 Å². The molecule has 96 valence electrons. The van der Waals surface area contributed by atoms with Crippen LogP contribution in [0.3, 0.4) is 0 Å². The molecule has 0 radical (unpaired) electrons. The molecule has 0 aromatic heterocycles. The van der Waals surface area contributed by atoms with E-state index in [4.69, 9.17) is 16.6 Å². The van der Waals surface area contributed by atoms with Crippen LogP contribution in [-0.2, 0) is 0 Å². The van der Waals surface area contributed by atoms with Gasteiger partial charge in [-0.3, -0.25) is 4.99 Å². The number of fused-ring (bicyclic) bond motifs is 1. The first-order valence-electron chi connectivity index (χ1n) is 6.40. The molecule has 0 aliphatic carbocycles. The van der Waals surface area contributed by atoms with Gasteiger partial charge in [-0.2, -0.15) is 0 Å². The summed E-state index contributed by atoms with van der Waals surface area (Å²) in [5.41, 5.74) is 1.19. The van der Waals surface area contributed by atoms with E-state index in [1.807, 2.05) is 30.3 Å². The van der Waals surface area contributed by atoms with Crippen LogP contribution in [0.2, 0.25) is 0 Å². The second-order valence-electron chi connectivity index (χ2n) is 4.53. The minimum atomic E-state index is 0.0230. The van der Waals surface area contributed by atoms with Crippen LogP contribution in [0, 0.1) is 0 Å². The molecule has 2 nitrogen and oxygen atoms in total. The predicted molar refractivity (Wildman–Crippen MR) is 78.3 cm³/mol. The third-order valence-corrected chi connectivity index (χ3v) is 3.43. The smallest absolute Gasteiger partial charge is 0.147 e. The van der Waals surface area contributed by atoms with Gasteiger partial charge in [-0.15, -0.1) is 11.6 Å². The summed E-state index contributed by atoms with van der Waals surface area (Å²) < 4.78 is 0. The number of hydrogen-bond donors (Lipinski definition) is 0. The zero-order valence-electron chi connectivity index (χ0n) is 10.5. The largest absolute Gasteiger partial charge is 0.350 e. The van der Waals surface area contributed by atoms with Crippen LogP contribution in [0.4, 0.5) is 0 Å². The van der Waals surface area contributed by atoms with Crippen LogP contribution in [0.1, 0.15) is 11.7 Å². The Bertz CT molecular complexity index is 667. The molecule has 19 heavy (non-hydrogen) atoms. The molecule has 2 aromatic rings. The first kappa shape index (κ1) is 12.2. The Morgan fingerprint density at radius 3 is 2.53 bits per heavy atom. The van der Waals surface area contributed by atoms with Gasteiger partial charge in [0, 0.05) is 23.8 Å². The molecule has 1 unspecified atom stereocenters. The molecule has 1 heterocycles. The normalized spacial score (nSPS) is 17.3. The lowest BCUT2D eigenvalue weighted by Gasteiger charge is -2.29. The van der Waals surface area contributed by atoms with Gasteiger partial charge in [0.2, 0.25) is 0 Å². The molecule has 0 bridgehead atoms. The van der Waals surface area contributed by atoms with E-state index in [0.717, 1.165) is 17.1 Å². The predicted octanol–water partition coefficient (Wildman–Crippen LogP) is 2.30. The lowest BCUT2D eigenvalue weighted by atomic mass is 10.1. The second kappa shape index (κ2) is 5.45. The molecule has 0 N–H and O–H groups in total. The van der Waals surface area contributed by atoms with E-state index >= 15 is 0 Å². The van der Waals surface area contributed by atoms with Gasteiger partial charge in [-0.25, -0.2) is 0 Å². The van der Waals surface area contributed by atoms with Crippen molar-refractivity contribution in [3.63, 3.8) is 0 Å². The Morgan fingerprint density at radius 1 is 1.00 bits per heavy atom. The maximum atomic E-state index is 5.91. The van der Waals surface area contributed by atoms with Crippen molar-refractivity contribution in [1.29, 1.82) is 0 Å². The number of alkyl halides is 1. The highest BCUT2D eigenvalue weighted by atomic mass is 35.5. The third kappa shape index (κ3) is 2.49. The summed E-state index contributed by atoms with van der Waals surface area (Å²) in [6, 6.07) is 18.5. The number of hydrogen-bond acceptors (Lipinski definition) is 2. The molecular formula is C16H15ClN2. The van der Waals surface area contributed by atoms with Gasteiger partial charge in [0.25, 0.3) is 0 Å². The molecule has 0 spiro atoms. The maximum absolute atomic E-state index is 5.91. The molecule has 0 fully saturated rings. The summed E-state index contributed by atoms with van der Waals surface area (Å²) in [6.45, 7) is 0.791. The fraction of sp³-hybridized carbons (Fsp3) is 0.188. The highest BCUT2D eigenvalue weighted by Crippen LogP contribution is 2.22. The van der Waals surface area contributed by atoms with Crippen LogP contribution in [0.25, 0.3) is 6.20 Å². The molecule has 1 aliphatic heterocycles. The summed E-state index contributed by atoms with van der Waals surface area (Å²) in [5.74, 6) is 0.595. The Morgan fingerprint density at radius 2 is 1.74 bits per heavy atom. The van der Waals surface area contributed by atoms with E-state index in [-0.39, 0.29) is 6.17 Å². The van der Waals surface area contributed by atoms with Crippen LogP contribution in [-0.4, -0.2) is 17.3 Å². The maximum Gasteiger partial charge on any atom is 0.147 e. The topological polar surface area (TPSA) is 15.6 Å². The summed E-state index contributed by atoms with van der Waals surface area (Å²) in [7, 11) is 0. The van der Waals surface area contributed by atoms with Gasteiger partial charge < -0.3 is 4.90 Å². The van der Waals surface area contributed by atoms with Gasteiger partial charge >= 0.3 is 0 Å². The van der Waals surface area contributed by atoms with Gasteiger partial charge in [-0.05, 0) is 11.6 Å². The molecule has 0 saturated carbocycles. The number of nitrogens with zero attached hydrogens (tertiary/aromatic N) is 2. The fourth-order valence-electron chi connectivity index (χ4n) is 2.35. The average Bonchev–Trinajstić information content (AvgIpc) is 2.48. The van der Waals surface area contributed by atoms with Crippen molar-refractivity contribution in [2.24, 2.45) is 4.99 Å². The van der Waals surface area contributed by atoms with Crippen molar-refractivity contribution in [1.82, 2.24) is 4.90 Å². The highest BCUT2D eigenvalue weighted by molar-refractivity contribution is 6.18. The first-order valence-corrected chi connectivity index (χ1v) is 6.93. The van der Waals surface area contributed by atoms with E-state index in [9.17, 15) is 0 Å². The summed E-state index contributed by atoms with van der Waals surface area (Å²) >= 11 is 5.91. The molecule has 3 heteroatoms. The zero-order chi connectivity index (χ0) is 13.1. The first-order chi connectivity index (χ1) is 9.38. The van der Waals surface area contributed by atoms with E-state index < -0.39 is 0 Å². The lowest BCUT2D eigenvalue weighted by molar-refractivity contribution is 0.323. The van der Waals surface area contributed by atoms with Crippen LogP contribution in [0.5, 0.6) is 0 Å². The molecule has 3 rings (SSSR count). The van der Waals surface area contributed by atoms with E-state index in [2.05, 4.69) is 35.4 Å². The van der Waals surface area contributed by atoms with Gasteiger partial charge in [0.1, 0.15) is 6.17 Å². The zero-order valence-corrected chi connectivity index (χ0v) is 11.3. The standard InChI is InChI=1S/C16H15ClN2/c17-10-11-19-12-14-8-4-5-9-15(14)18-16(19)13-6-2-1-3-7-13/h1-9,12,16H,10-11H2. The van der Waals surface area contributed by atoms with E-state index in [1.54, 1.807) is 0 Å². The molecule has 2 aromatic carbocycles. The summed E-state index contributed by atoms with van der Waals surface area (Å²) in [4.78, 5) is 7.05. The number of rotatable bonds is 3. The van der Waals surface area contributed by atoms with Crippen LogP contribution < -0.4 is 10.6 Å². The quantitative estimate of drug-likeness (QED) is 0.782. The van der Waals surface area contributed by atoms with Crippen LogP contribution in [0.15, 0.2) is 59.6 Å². The number of para-hydroxylation sites is 1. The third-order valence-electron chi connectivity index (χ3n) is 3.26. The van der Waals surface area contributed by atoms with Crippen molar-refractivity contribution in [3.8, 4) is 0 Å². The second-order valence-corrected chi connectivity index (χ2v) is 4.91. The Balaban J connectivity index is 2.10. The molecule has 0 amide bonds. The Hall–Kier alpha value is -1.80. The minimum absolute atomic E-state index is 0.0230. The fourth-order valence-corrected chi connectivity index (χ4v) is 2.54. The van der Waals surface area contributed by atoms with Crippen molar-refractivity contribution in [3.05, 3.63) is 70.7 Å². The van der Waals surface area contributed by atoms with E-state index in [1.165, 1.54) is 5.56 Å². The molecule has 0 saturated heterocycles. The lowest BCUT2D eigenvalue weighted by Crippen LogP contribution is -2.38. The van der Waals surface area contributed by atoms with Crippen molar-refractivity contribution < 1.29 is 0 Å². The monoisotopic (exact) mass is 270 g/mol. The highest BCUT2D eigenvalue weighted by Gasteiger charge is 2.18. The molecular weight excluding hydrogens is 256 g/mol. The van der Waals surface area contributed by atoms with Crippen molar-refractivity contribution in [2.45, 2.75) is 6.17 Å². The Labute approximate surface area is 117 Å². The van der Waals surface area contributed by atoms with E-state index in [0.29, 0.717) is 5.88 Å². The van der Waals surface area contributed by atoms with Gasteiger partial charge in [-0.1, -0.05) is 48.5 Å². The van der Waals surface area contributed by atoms with Gasteiger partial charge in [0.05, 0.1) is 5.36 Å². The minimum Gasteiger partial charge on any atom is -0.350 e. The van der Waals surface area contributed by atoms with Crippen molar-refractivity contribution in [2.75, 3.05) is 12.4 Å².